The second-order valence-electron chi connectivity index (χ2n) is 12.7. The van der Waals surface area contributed by atoms with Crippen molar-refractivity contribution >= 4 is 35.5 Å². The highest BCUT2D eigenvalue weighted by Gasteiger charge is 2.35. The number of nitrogens with zero attached hydrogens (tertiary/aromatic N) is 2. The molecule has 0 bridgehead atoms. The molecule has 48 heavy (non-hydrogen) atoms. The molecule has 6 N–H and O–H groups in total. The van der Waals surface area contributed by atoms with Crippen LogP contribution >= 0.6 is 0 Å². The fourth-order valence-electron chi connectivity index (χ4n) is 5.52. The monoisotopic (exact) mass is 681 g/mol. The molecule has 0 aliphatic heterocycles. The Morgan fingerprint density at radius 2 is 1.46 bits per heavy atom. The Kier molecular flexibility index (Phi) is 16.8. The van der Waals surface area contributed by atoms with Gasteiger partial charge in [-0.2, -0.15) is 0 Å². The fraction of sp³-hybridized carbons (Fsp3) is 0.688. The number of aromatic nitrogens is 2. The lowest BCUT2D eigenvalue weighted by Gasteiger charge is -2.31. The largest absolute Gasteiger partial charge is 0.480 e. The molecule has 5 atom stereocenters. The van der Waals surface area contributed by atoms with Crippen LogP contribution in [0.25, 0.3) is 0 Å². The van der Waals surface area contributed by atoms with E-state index in [1.807, 2.05) is 26.1 Å². The van der Waals surface area contributed by atoms with Crippen LogP contribution < -0.4 is 26.6 Å². The third-order valence-electron chi connectivity index (χ3n) is 8.31. The lowest BCUT2D eigenvalue weighted by molar-refractivity contribution is -0.139. The van der Waals surface area contributed by atoms with E-state index in [2.05, 4.69) is 31.2 Å². The first kappa shape index (κ1) is 39.9. The topological polar surface area (TPSA) is 209 Å². The number of nitrogens with one attached hydrogen (secondary N) is 5. The van der Waals surface area contributed by atoms with Crippen LogP contribution in [0.2, 0.25) is 0 Å². The first-order valence-corrected chi connectivity index (χ1v) is 16.5. The van der Waals surface area contributed by atoms with Gasteiger partial charge in [-0.15, -0.1) is 0 Å². The smallest absolute Gasteiger partial charge is 0.322 e. The minimum Gasteiger partial charge on any atom is -0.480 e. The Morgan fingerprint density at radius 3 is 2.02 bits per heavy atom. The van der Waals surface area contributed by atoms with Crippen LogP contribution in [-0.4, -0.2) is 87.7 Å². The molecule has 1 aliphatic carbocycles. The molecular formula is C32H49F2N7O7. The van der Waals surface area contributed by atoms with Crippen molar-refractivity contribution in [3.63, 3.8) is 0 Å². The summed E-state index contributed by atoms with van der Waals surface area (Å²) in [7, 11) is 0. The maximum atomic E-state index is 13.8. The lowest BCUT2D eigenvalue weighted by Crippen LogP contribution is -2.60. The summed E-state index contributed by atoms with van der Waals surface area (Å²) in [6.07, 6.45) is 5.24. The summed E-state index contributed by atoms with van der Waals surface area (Å²) in [6, 6.07) is -5.15. The zero-order chi connectivity index (χ0) is 35.8. The Labute approximate surface area is 279 Å². The van der Waals surface area contributed by atoms with Gasteiger partial charge >= 0.3 is 5.97 Å². The molecule has 14 nitrogen and oxygen atoms in total. The van der Waals surface area contributed by atoms with Gasteiger partial charge in [0.05, 0.1) is 6.20 Å². The van der Waals surface area contributed by atoms with Gasteiger partial charge in [-0.05, 0) is 30.6 Å². The zero-order valence-electron chi connectivity index (χ0n) is 28.0. The highest BCUT2D eigenvalue weighted by atomic mass is 19.3. The predicted octanol–water partition coefficient (Wildman–Crippen LogP) is 1.95. The number of carbonyl (C=O) groups is 6. The van der Waals surface area contributed by atoms with Crippen LogP contribution in [0, 0.1) is 17.8 Å². The van der Waals surface area contributed by atoms with Gasteiger partial charge in [0, 0.05) is 18.8 Å². The summed E-state index contributed by atoms with van der Waals surface area (Å²) in [5.41, 5.74) is 0.00799. The molecule has 5 amide bonds. The van der Waals surface area contributed by atoms with E-state index in [4.69, 9.17) is 5.11 Å². The average Bonchev–Trinajstić information content (AvgIpc) is 3.04. The highest BCUT2D eigenvalue weighted by molar-refractivity contribution is 5.98. The number of carboxylic acid groups (broad SMARTS) is 1. The van der Waals surface area contributed by atoms with Gasteiger partial charge in [0.15, 0.2) is 0 Å². The van der Waals surface area contributed by atoms with Gasteiger partial charge < -0.3 is 31.7 Å². The molecule has 0 aromatic carbocycles. The van der Waals surface area contributed by atoms with Crippen LogP contribution in [-0.2, 0) is 24.0 Å². The molecule has 0 spiro atoms. The normalized spacial score (nSPS) is 16.6. The highest BCUT2D eigenvalue weighted by Crippen LogP contribution is 2.27. The SMILES string of the molecule is CC[C@H](C)[C@H](NC(=O)[C@H](CC(C)C)NC(=O)c1cnccn1)C(=O)N[C@@H](CC1CCCCC1)C(=O)N[C@@H](CC(F)F)C(=O)NCC(=O)O. The summed E-state index contributed by atoms with van der Waals surface area (Å²) in [5.74, 6) is -5.72. The van der Waals surface area contributed by atoms with Crippen LogP contribution in [0.5, 0.6) is 0 Å². The molecule has 1 saturated carbocycles. The van der Waals surface area contributed by atoms with Crippen molar-refractivity contribution < 1.29 is 42.7 Å². The molecular weight excluding hydrogens is 632 g/mol. The Bertz CT molecular complexity index is 1230. The third-order valence-corrected chi connectivity index (χ3v) is 8.31. The summed E-state index contributed by atoms with van der Waals surface area (Å²) in [5, 5.41) is 21.3. The molecule has 268 valence electrons. The first-order valence-electron chi connectivity index (χ1n) is 16.5. The minimum absolute atomic E-state index is 0.00799. The molecule has 1 aliphatic rings. The minimum atomic E-state index is -2.99. The van der Waals surface area contributed by atoms with Gasteiger partial charge in [-0.3, -0.25) is 33.8 Å². The predicted molar refractivity (Wildman–Crippen MR) is 170 cm³/mol. The maximum absolute atomic E-state index is 13.8. The maximum Gasteiger partial charge on any atom is 0.322 e. The van der Waals surface area contributed by atoms with E-state index >= 15 is 0 Å². The van der Waals surface area contributed by atoms with Crippen LogP contribution in [0.3, 0.4) is 0 Å². The number of alkyl halides is 2. The second-order valence-corrected chi connectivity index (χ2v) is 12.7. The molecule has 1 heterocycles. The number of amides is 5. The van der Waals surface area contributed by atoms with Crippen molar-refractivity contribution in [2.24, 2.45) is 17.8 Å². The van der Waals surface area contributed by atoms with Gasteiger partial charge in [0.1, 0.15) is 36.4 Å². The van der Waals surface area contributed by atoms with E-state index in [1.54, 1.807) is 6.92 Å². The summed E-state index contributed by atoms with van der Waals surface area (Å²) >= 11 is 0. The third kappa shape index (κ3) is 13.9. The molecule has 1 aromatic rings. The second kappa shape index (κ2) is 20.2. The Balaban J connectivity index is 2.29. The first-order chi connectivity index (χ1) is 22.7. The summed E-state index contributed by atoms with van der Waals surface area (Å²) in [6.45, 7) is 6.46. The van der Waals surface area contributed by atoms with E-state index in [-0.39, 0.29) is 30.4 Å². The summed E-state index contributed by atoms with van der Waals surface area (Å²) < 4.78 is 26.7. The number of hydrogen-bond acceptors (Lipinski definition) is 8. The number of carbonyl (C=O) groups excluding carboxylic acids is 5. The van der Waals surface area contributed by atoms with E-state index in [0.717, 1.165) is 32.1 Å². The van der Waals surface area contributed by atoms with Crippen molar-refractivity contribution in [1.82, 2.24) is 36.6 Å². The lowest BCUT2D eigenvalue weighted by atomic mass is 9.84. The van der Waals surface area contributed by atoms with Crippen LogP contribution in [0.15, 0.2) is 18.6 Å². The van der Waals surface area contributed by atoms with Gasteiger partial charge in [-0.1, -0.05) is 66.2 Å². The average molecular weight is 682 g/mol. The Morgan fingerprint density at radius 1 is 0.833 bits per heavy atom. The standard InChI is InChI=1S/C32H49F2N7O7/c1-5-19(4)27(41-30(46)21(13-18(2)3)38-31(47)24-16-35-11-12-36-24)32(48)40-22(14-20-9-7-6-8-10-20)29(45)39-23(15-25(33)34)28(44)37-17-26(42)43/h11-12,16,18-23,25,27H,5-10,13-15,17H2,1-4H3,(H,37,44)(H,38,47)(H,39,45)(H,40,48)(H,41,46)(H,42,43)/t19-,21-,22-,23-,27-/m0/s1. The zero-order valence-corrected chi connectivity index (χ0v) is 28.0. The number of carboxylic acids is 1. The number of hydrogen-bond donors (Lipinski definition) is 6. The van der Waals surface area contributed by atoms with Gasteiger partial charge in [0.25, 0.3) is 5.91 Å². The summed E-state index contributed by atoms with van der Waals surface area (Å²) in [4.78, 5) is 85.0. The van der Waals surface area contributed by atoms with Gasteiger partial charge in [0.2, 0.25) is 30.1 Å². The van der Waals surface area contributed by atoms with Crippen molar-refractivity contribution in [3.05, 3.63) is 24.3 Å². The van der Waals surface area contributed by atoms with Gasteiger partial charge in [-0.25, -0.2) is 13.8 Å². The van der Waals surface area contributed by atoms with Crippen LogP contribution in [0.1, 0.15) is 96.0 Å². The molecule has 0 radical (unpaired) electrons. The molecule has 0 unspecified atom stereocenters. The van der Waals surface area contributed by atoms with E-state index in [1.165, 1.54) is 18.6 Å². The quantitative estimate of drug-likeness (QED) is 0.126. The molecule has 16 heteroatoms. The van der Waals surface area contributed by atoms with E-state index in [9.17, 15) is 37.5 Å². The number of aliphatic carboxylic acids is 1. The van der Waals surface area contributed by atoms with Crippen molar-refractivity contribution in [3.8, 4) is 0 Å². The molecule has 1 aromatic heterocycles. The number of halogens is 2. The van der Waals surface area contributed by atoms with Crippen LogP contribution in [0.4, 0.5) is 8.78 Å². The fourth-order valence-corrected chi connectivity index (χ4v) is 5.52. The van der Waals surface area contributed by atoms with Crippen molar-refractivity contribution in [1.29, 1.82) is 0 Å². The van der Waals surface area contributed by atoms with Crippen molar-refractivity contribution in [2.45, 2.75) is 116 Å². The molecule has 2 rings (SSSR count). The molecule has 0 saturated heterocycles. The Hall–Kier alpha value is -4.24. The van der Waals surface area contributed by atoms with E-state index in [0.29, 0.717) is 6.42 Å². The number of rotatable bonds is 19. The van der Waals surface area contributed by atoms with Crippen molar-refractivity contribution in [2.75, 3.05) is 6.54 Å². The molecule has 1 fully saturated rings. The van der Waals surface area contributed by atoms with E-state index < -0.39 is 85.0 Å².